The fourth-order valence-corrected chi connectivity index (χ4v) is 1.11. The third kappa shape index (κ3) is 1.50. The number of amides is 1. The molecule has 0 aromatic heterocycles. The summed E-state index contributed by atoms with van der Waals surface area (Å²) in [5.41, 5.74) is 0. The van der Waals surface area contributed by atoms with Crippen molar-refractivity contribution in [3.05, 3.63) is 0 Å². The lowest BCUT2D eigenvalue weighted by Crippen LogP contribution is -2.17. The molecule has 1 amide bonds. The molecule has 6 heteroatoms. The Morgan fingerprint density at radius 1 is 1.50 bits per heavy atom. The SMILES string of the molecule is O=C1CSC(C(F)(F)F)=N1. The van der Waals surface area contributed by atoms with Gasteiger partial charge in [-0.25, -0.2) is 4.99 Å². The zero-order chi connectivity index (χ0) is 7.78. The number of alkyl halides is 3. The Hall–Kier alpha value is -0.520. The topological polar surface area (TPSA) is 29.4 Å². The van der Waals surface area contributed by atoms with Crippen LogP contribution in [0.1, 0.15) is 0 Å². The fraction of sp³-hybridized carbons (Fsp3) is 0.500. The van der Waals surface area contributed by atoms with Crippen LogP contribution in [0.2, 0.25) is 0 Å². The summed E-state index contributed by atoms with van der Waals surface area (Å²) in [6.45, 7) is 0. The van der Waals surface area contributed by atoms with E-state index >= 15 is 0 Å². The van der Waals surface area contributed by atoms with Gasteiger partial charge in [-0.3, -0.25) is 4.79 Å². The second-order valence-corrected chi connectivity index (χ2v) is 2.56. The van der Waals surface area contributed by atoms with Crippen LogP contribution in [-0.2, 0) is 4.79 Å². The normalized spacial score (nSPS) is 19.5. The van der Waals surface area contributed by atoms with Crippen molar-refractivity contribution in [2.75, 3.05) is 5.75 Å². The Morgan fingerprint density at radius 3 is 2.30 bits per heavy atom. The minimum absolute atomic E-state index is 0.186. The first-order valence-electron chi connectivity index (χ1n) is 2.31. The molecule has 0 radical (unpaired) electrons. The quantitative estimate of drug-likeness (QED) is 0.545. The van der Waals surface area contributed by atoms with E-state index in [0.717, 1.165) is 0 Å². The molecule has 56 valence electrons. The molecular weight excluding hydrogens is 167 g/mol. The number of thioether (sulfide) groups is 1. The highest BCUT2D eigenvalue weighted by Gasteiger charge is 2.39. The molecule has 1 aliphatic rings. The van der Waals surface area contributed by atoms with Crippen molar-refractivity contribution in [2.45, 2.75) is 6.18 Å². The van der Waals surface area contributed by atoms with Gasteiger partial charge < -0.3 is 0 Å². The van der Waals surface area contributed by atoms with E-state index in [0.29, 0.717) is 11.8 Å². The van der Waals surface area contributed by atoms with E-state index in [9.17, 15) is 18.0 Å². The highest BCUT2D eigenvalue weighted by Crippen LogP contribution is 2.28. The summed E-state index contributed by atoms with van der Waals surface area (Å²) in [5, 5.41) is -1.03. The van der Waals surface area contributed by atoms with E-state index in [-0.39, 0.29) is 5.75 Å². The largest absolute Gasteiger partial charge is 0.439 e. The van der Waals surface area contributed by atoms with Gasteiger partial charge in [0, 0.05) is 0 Å². The van der Waals surface area contributed by atoms with Gasteiger partial charge in [0.15, 0.2) is 5.04 Å². The molecule has 1 aliphatic heterocycles. The molecule has 0 aromatic rings. The third-order valence-corrected chi connectivity index (χ3v) is 1.79. The summed E-state index contributed by atoms with van der Waals surface area (Å²) in [5.74, 6) is -0.896. The molecule has 0 unspecified atom stereocenters. The van der Waals surface area contributed by atoms with Gasteiger partial charge in [-0.15, -0.1) is 0 Å². The third-order valence-electron chi connectivity index (χ3n) is 0.801. The molecular formula is C4H2F3NOS. The maximum absolute atomic E-state index is 11.6. The van der Waals surface area contributed by atoms with Crippen LogP contribution >= 0.6 is 11.8 Å². The van der Waals surface area contributed by atoms with Gasteiger partial charge in [0.2, 0.25) is 0 Å². The summed E-state index contributed by atoms with van der Waals surface area (Å²) in [6.07, 6.45) is -4.45. The van der Waals surface area contributed by atoms with E-state index in [4.69, 9.17) is 0 Å². The zero-order valence-corrected chi connectivity index (χ0v) is 5.42. The number of rotatable bonds is 0. The average molecular weight is 169 g/mol. The molecule has 0 spiro atoms. The Morgan fingerprint density at radius 2 is 2.10 bits per heavy atom. The molecule has 1 heterocycles. The van der Waals surface area contributed by atoms with Crippen LogP contribution in [0.5, 0.6) is 0 Å². The van der Waals surface area contributed by atoms with Gasteiger partial charge in [-0.1, -0.05) is 11.8 Å². The van der Waals surface area contributed by atoms with Gasteiger partial charge in [-0.2, -0.15) is 13.2 Å². The molecule has 10 heavy (non-hydrogen) atoms. The predicted molar refractivity (Wildman–Crippen MR) is 31.0 cm³/mol. The molecule has 0 aromatic carbocycles. The smallest absolute Gasteiger partial charge is 0.272 e. The maximum Gasteiger partial charge on any atom is 0.439 e. The van der Waals surface area contributed by atoms with E-state index < -0.39 is 17.1 Å². The second-order valence-electron chi connectivity index (χ2n) is 1.60. The van der Waals surface area contributed by atoms with Gasteiger partial charge >= 0.3 is 6.18 Å². The van der Waals surface area contributed by atoms with Crippen molar-refractivity contribution >= 4 is 22.7 Å². The molecule has 0 bridgehead atoms. The summed E-state index contributed by atoms with van der Waals surface area (Å²) in [6, 6.07) is 0. The van der Waals surface area contributed by atoms with Crippen LogP contribution in [0.4, 0.5) is 13.2 Å². The lowest BCUT2D eigenvalue weighted by atomic mass is 10.7. The lowest BCUT2D eigenvalue weighted by molar-refractivity contribution is -0.115. The van der Waals surface area contributed by atoms with Gasteiger partial charge in [0.05, 0.1) is 5.75 Å². The molecule has 2 nitrogen and oxygen atoms in total. The van der Waals surface area contributed by atoms with Gasteiger partial charge in [-0.05, 0) is 0 Å². The number of aliphatic imine (C=N–C) groups is 1. The minimum atomic E-state index is -4.45. The zero-order valence-electron chi connectivity index (χ0n) is 4.60. The first-order chi connectivity index (χ1) is 4.50. The predicted octanol–water partition coefficient (Wildman–Crippen LogP) is 1.22. The van der Waals surface area contributed by atoms with Crippen LogP contribution in [0, 0.1) is 0 Å². The molecule has 0 saturated carbocycles. The molecule has 0 saturated heterocycles. The summed E-state index contributed by atoms with van der Waals surface area (Å²) >= 11 is 0.433. The van der Waals surface area contributed by atoms with Crippen LogP contribution in [0.15, 0.2) is 4.99 Å². The monoisotopic (exact) mass is 169 g/mol. The van der Waals surface area contributed by atoms with E-state index in [1.54, 1.807) is 0 Å². The first kappa shape index (κ1) is 7.59. The van der Waals surface area contributed by atoms with Crippen molar-refractivity contribution in [1.29, 1.82) is 0 Å². The molecule has 0 fully saturated rings. The van der Waals surface area contributed by atoms with E-state index in [1.165, 1.54) is 0 Å². The summed E-state index contributed by atoms with van der Waals surface area (Å²) in [7, 11) is 0. The van der Waals surface area contributed by atoms with E-state index in [2.05, 4.69) is 4.99 Å². The van der Waals surface area contributed by atoms with Crippen molar-refractivity contribution < 1.29 is 18.0 Å². The van der Waals surface area contributed by atoms with Gasteiger partial charge in [0.1, 0.15) is 0 Å². The summed E-state index contributed by atoms with van der Waals surface area (Å²) in [4.78, 5) is 13.0. The summed E-state index contributed by atoms with van der Waals surface area (Å²) < 4.78 is 34.9. The Kier molecular flexibility index (Phi) is 1.72. The van der Waals surface area contributed by atoms with Crippen LogP contribution in [0.25, 0.3) is 0 Å². The standard InChI is InChI=1S/C4H2F3NOS/c5-4(6,7)3-8-2(9)1-10-3/h1H2. The number of carbonyl (C=O) groups excluding carboxylic acids is 1. The second kappa shape index (κ2) is 2.26. The molecule has 0 aliphatic carbocycles. The van der Waals surface area contributed by atoms with Crippen molar-refractivity contribution in [2.24, 2.45) is 4.99 Å². The Labute approximate surface area is 58.5 Å². The number of carbonyl (C=O) groups is 1. The molecule has 0 atom stereocenters. The number of hydrogen-bond acceptors (Lipinski definition) is 2. The van der Waals surface area contributed by atoms with Crippen molar-refractivity contribution in [1.82, 2.24) is 0 Å². The van der Waals surface area contributed by atoms with Crippen LogP contribution in [0.3, 0.4) is 0 Å². The number of nitrogens with zero attached hydrogens (tertiary/aromatic N) is 1. The van der Waals surface area contributed by atoms with Crippen molar-refractivity contribution in [3.63, 3.8) is 0 Å². The first-order valence-corrected chi connectivity index (χ1v) is 3.30. The number of hydrogen-bond donors (Lipinski definition) is 0. The highest BCUT2D eigenvalue weighted by molar-refractivity contribution is 8.15. The van der Waals surface area contributed by atoms with Crippen molar-refractivity contribution in [3.8, 4) is 0 Å². The van der Waals surface area contributed by atoms with E-state index in [1.807, 2.05) is 0 Å². The minimum Gasteiger partial charge on any atom is -0.272 e. The molecule has 1 rings (SSSR count). The highest BCUT2D eigenvalue weighted by atomic mass is 32.2. The van der Waals surface area contributed by atoms with Crippen LogP contribution in [-0.4, -0.2) is 22.9 Å². The Bertz CT molecular complexity index is 197. The van der Waals surface area contributed by atoms with Crippen LogP contribution < -0.4 is 0 Å². The Balaban J connectivity index is 2.76. The average Bonchev–Trinajstić information content (AvgIpc) is 2.11. The molecule has 0 N–H and O–H groups in total. The lowest BCUT2D eigenvalue weighted by Gasteiger charge is -2.01. The number of halogens is 3. The maximum atomic E-state index is 11.6. The van der Waals surface area contributed by atoms with Gasteiger partial charge in [0.25, 0.3) is 5.91 Å². The fourth-order valence-electron chi connectivity index (χ4n) is 0.453.